The van der Waals surface area contributed by atoms with E-state index in [4.69, 9.17) is 9.47 Å². The number of amides is 2. The maximum atomic E-state index is 12.5. The molecule has 3 rings (SSSR count). The van der Waals surface area contributed by atoms with Crippen LogP contribution in [0.4, 0.5) is 16.3 Å². The Labute approximate surface area is 147 Å². The summed E-state index contributed by atoms with van der Waals surface area (Å²) in [7, 11) is 3.16. The number of hydrogen-bond acceptors (Lipinski definition) is 5. The number of anilines is 2. The lowest BCUT2D eigenvalue weighted by molar-refractivity contribution is 0.208. The summed E-state index contributed by atoms with van der Waals surface area (Å²) in [6.07, 6.45) is 1.78. The van der Waals surface area contributed by atoms with Gasteiger partial charge in [-0.05, 0) is 12.1 Å². The van der Waals surface area contributed by atoms with Crippen LogP contribution in [-0.4, -0.2) is 56.3 Å². The number of pyridine rings is 1. The number of methoxy groups -OCH3 is 2. The van der Waals surface area contributed by atoms with Crippen molar-refractivity contribution in [1.82, 2.24) is 9.88 Å². The van der Waals surface area contributed by atoms with Crippen LogP contribution in [0.25, 0.3) is 0 Å². The van der Waals surface area contributed by atoms with Gasteiger partial charge in [-0.3, -0.25) is 0 Å². The molecule has 1 aliphatic rings. The molecule has 1 saturated heterocycles. The van der Waals surface area contributed by atoms with Crippen LogP contribution in [0.3, 0.4) is 0 Å². The van der Waals surface area contributed by atoms with Crippen LogP contribution in [0.1, 0.15) is 0 Å². The van der Waals surface area contributed by atoms with Gasteiger partial charge in [-0.15, -0.1) is 0 Å². The summed E-state index contributed by atoms with van der Waals surface area (Å²) in [5.41, 5.74) is 0.647. The van der Waals surface area contributed by atoms with E-state index in [9.17, 15) is 4.79 Å². The summed E-state index contributed by atoms with van der Waals surface area (Å²) in [4.78, 5) is 20.8. The molecule has 1 aliphatic heterocycles. The van der Waals surface area contributed by atoms with Gasteiger partial charge in [0, 0.05) is 56.3 Å². The van der Waals surface area contributed by atoms with Crippen molar-refractivity contribution < 1.29 is 14.3 Å². The molecule has 0 bridgehead atoms. The van der Waals surface area contributed by atoms with Crippen molar-refractivity contribution in [2.75, 3.05) is 50.6 Å². The van der Waals surface area contributed by atoms with E-state index >= 15 is 0 Å². The van der Waals surface area contributed by atoms with Crippen LogP contribution in [0.5, 0.6) is 11.5 Å². The largest absolute Gasteiger partial charge is 0.497 e. The Bertz CT molecular complexity index is 693. The fraction of sp³-hybridized carbons (Fsp3) is 0.333. The highest BCUT2D eigenvalue weighted by molar-refractivity contribution is 5.90. The van der Waals surface area contributed by atoms with Gasteiger partial charge in [-0.1, -0.05) is 6.07 Å². The van der Waals surface area contributed by atoms with E-state index in [1.165, 1.54) is 0 Å². The molecule has 132 valence electrons. The fourth-order valence-corrected chi connectivity index (χ4v) is 2.76. The molecule has 1 N–H and O–H groups in total. The van der Waals surface area contributed by atoms with E-state index in [2.05, 4.69) is 15.2 Å². The third kappa shape index (κ3) is 4.12. The highest BCUT2D eigenvalue weighted by Gasteiger charge is 2.22. The van der Waals surface area contributed by atoms with Gasteiger partial charge in [0.1, 0.15) is 17.3 Å². The zero-order valence-corrected chi connectivity index (χ0v) is 14.4. The van der Waals surface area contributed by atoms with Gasteiger partial charge in [0.15, 0.2) is 0 Å². The van der Waals surface area contributed by atoms with E-state index < -0.39 is 0 Å². The maximum absolute atomic E-state index is 12.5. The van der Waals surface area contributed by atoms with Crippen LogP contribution in [0.15, 0.2) is 42.6 Å². The number of carbonyl (C=O) groups excluding carboxylic acids is 1. The summed E-state index contributed by atoms with van der Waals surface area (Å²) >= 11 is 0. The van der Waals surface area contributed by atoms with E-state index in [1.807, 2.05) is 18.2 Å². The second kappa shape index (κ2) is 7.74. The zero-order valence-electron chi connectivity index (χ0n) is 14.4. The van der Waals surface area contributed by atoms with Gasteiger partial charge < -0.3 is 24.6 Å². The van der Waals surface area contributed by atoms with Gasteiger partial charge in [-0.2, -0.15) is 0 Å². The molecule has 0 saturated carbocycles. The molecule has 2 aromatic rings. The number of hydrogen-bond donors (Lipinski definition) is 1. The number of urea groups is 1. The third-order valence-corrected chi connectivity index (χ3v) is 4.14. The lowest BCUT2D eigenvalue weighted by atomic mass is 10.2. The second-order valence-corrected chi connectivity index (χ2v) is 5.69. The van der Waals surface area contributed by atoms with Crippen LogP contribution in [0, 0.1) is 0 Å². The number of aromatic nitrogens is 1. The summed E-state index contributed by atoms with van der Waals surface area (Å²) in [6.45, 7) is 2.80. The second-order valence-electron chi connectivity index (χ2n) is 5.69. The van der Waals surface area contributed by atoms with E-state index in [-0.39, 0.29) is 6.03 Å². The normalized spacial score (nSPS) is 14.2. The molecule has 25 heavy (non-hydrogen) atoms. The third-order valence-electron chi connectivity index (χ3n) is 4.14. The van der Waals surface area contributed by atoms with Crippen molar-refractivity contribution in [1.29, 1.82) is 0 Å². The fourth-order valence-electron chi connectivity index (χ4n) is 2.76. The highest BCUT2D eigenvalue weighted by Crippen LogP contribution is 2.26. The number of piperazine rings is 1. The molecule has 2 heterocycles. The van der Waals surface area contributed by atoms with Gasteiger partial charge >= 0.3 is 6.03 Å². The van der Waals surface area contributed by atoms with Crippen molar-refractivity contribution in [2.24, 2.45) is 0 Å². The van der Waals surface area contributed by atoms with Crippen LogP contribution < -0.4 is 19.7 Å². The quantitative estimate of drug-likeness (QED) is 0.924. The molecule has 7 heteroatoms. The number of rotatable bonds is 4. The summed E-state index contributed by atoms with van der Waals surface area (Å²) in [5, 5.41) is 2.91. The van der Waals surface area contributed by atoms with Gasteiger partial charge in [0.05, 0.1) is 14.2 Å². The summed E-state index contributed by atoms with van der Waals surface area (Å²) in [5.74, 6) is 2.21. The van der Waals surface area contributed by atoms with Gasteiger partial charge in [0.2, 0.25) is 0 Å². The number of nitrogens with one attached hydrogen (secondary N) is 1. The van der Waals surface area contributed by atoms with Gasteiger partial charge in [-0.25, -0.2) is 9.78 Å². The van der Waals surface area contributed by atoms with E-state index in [0.29, 0.717) is 30.3 Å². The molecule has 0 atom stereocenters. The Morgan fingerprint density at radius 1 is 1.04 bits per heavy atom. The van der Waals surface area contributed by atoms with E-state index in [1.54, 1.807) is 43.5 Å². The van der Waals surface area contributed by atoms with Crippen molar-refractivity contribution in [2.45, 2.75) is 0 Å². The van der Waals surface area contributed by atoms with Crippen molar-refractivity contribution in [3.05, 3.63) is 42.6 Å². The minimum absolute atomic E-state index is 0.129. The zero-order chi connectivity index (χ0) is 17.6. The number of carbonyl (C=O) groups is 1. The molecule has 2 amide bonds. The average Bonchev–Trinajstić information content (AvgIpc) is 2.68. The lowest BCUT2D eigenvalue weighted by Gasteiger charge is -2.35. The first-order valence-electron chi connectivity index (χ1n) is 8.14. The molecule has 0 unspecified atom stereocenters. The highest BCUT2D eigenvalue weighted by atomic mass is 16.5. The SMILES string of the molecule is COc1cc(NC(=O)N2CCN(c3ccccn3)CC2)cc(OC)c1. The average molecular weight is 342 g/mol. The van der Waals surface area contributed by atoms with Crippen molar-refractivity contribution in [3.63, 3.8) is 0 Å². The molecule has 7 nitrogen and oxygen atoms in total. The number of benzene rings is 1. The first kappa shape index (κ1) is 16.9. The minimum atomic E-state index is -0.129. The van der Waals surface area contributed by atoms with Crippen LogP contribution in [0.2, 0.25) is 0 Å². The molecule has 0 spiro atoms. The maximum Gasteiger partial charge on any atom is 0.321 e. The number of nitrogens with zero attached hydrogens (tertiary/aromatic N) is 3. The Morgan fingerprint density at radius 3 is 2.28 bits per heavy atom. The predicted octanol–water partition coefficient (Wildman–Crippen LogP) is 2.45. The first-order valence-corrected chi connectivity index (χ1v) is 8.14. The summed E-state index contributed by atoms with van der Waals surface area (Å²) in [6, 6.07) is 11.0. The molecule has 1 aromatic heterocycles. The van der Waals surface area contributed by atoms with Crippen molar-refractivity contribution in [3.8, 4) is 11.5 Å². The first-order chi connectivity index (χ1) is 12.2. The van der Waals surface area contributed by atoms with Crippen molar-refractivity contribution >= 4 is 17.5 Å². The monoisotopic (exact) mass is 342 g/mol. The molecule has 0 aliphatic carbocycles. The minimum Gasteiger partial charge on any atom is -0.497 e. The Morgan fingerprint density at radius 2 is 1.72 bits per heavy atom. The topological polar surface area (TPSA) is 66.9 Å². The lowest BCUT2D eigenvalue weighted by Crippen LogP contribution is -2.50. The van der Waals surface area contributed by atoms with Crippen LogP contribution in [-0.2, 0) is 0 Å². The Balaban J connectivity index is 1.60. The molecular weight excluding hydrogens is 320 g/mol. The molecule has 1 fully saturated rings. The molecule has 1 aromatic carbocycles. The smallest absolute Gasteiger partial charge is 0.321 e. The Kier molecular flexibility index (Phi) is 5.23. The Hall–Kier alpha value is -2.96. The van der Waals surface area contributed by atoms with E-state index in [0.717, 1.165) is 18.9 Å². The molecular formula is C18H22N4O3. The van der Waals surface area contributed by atoms with Crippen LogP contribution >= 0.6 is 0 Å². The summed E-state index contributed by atoms with van der Waals surface area (Å²) < 4.78 is 10.5. The standard InChI is InChI=1S/C18H22N4O3/c1-24-15-11-14(12-16(13-15)25-2)20-18(23)22-9-7-21(8-10-22)17-5-3-4-6-19-17/h3-6,11-13H,7-10H2,1-2H3,(H,20,23). The number of ether oxygens (including phenoxy) is 2. The molecule has 0 radical (unpaired) electrons. The predicted molar refractivity (Wildman–Crippen MR) is 96.6 cm³/mol. The van der Waals surface area contributed by atoms with Gasteiger partial charge in [0.25, 0.3) is 0 Å².